The molecule has 5 rings (SSSR count). The Bertz CT molecular complexity index is 659. The molecule has 2 saturated carbocycles. The molecule has 0 radical (unpaired) electrons. The second kappa shape index (κ2) is 6.99. The maximum Gasteiger partial charge on any atom is 0.225 e. The number of likely N-dealkylation sites (tertiary alicyclic amines) is 1. The van der Waals surface area contributed by atoms with Crippen molar-refractivity contribution >= 4 is 5.91 Å². The van der Waals surface area contributed by atoms with Crippen LogP contribution in [-0.2, 0) is 17.9 Å². The van der Waals surface area contributed by atoms with E-state index in [-0.39, 0.29) is 0 Å². The van der Waals surface area contributed by atoms with E-state index >= 15 is 0 Å². The Morgan fingerprint density at radius 1 is 1.00 bits per heavy atom. The Kier molecular flexibility index (Phi) is 4.51. The Morgan fingerprint density at radius 3 is 2.69 bits per heavy atom. The second-order valence-corrected chi connectivity index (χ2v) is 8.97. The lowest BCUT2D eigenvalue weighted by Gasteiger charge is -2.43. The smallest absolute Gasteiger partial charge is 0.225 e. The predicted molar refractivity (Wildman–Crippen MR) is 100 cm³/mol. The summed E-state index contributed by atoms with van der Waals surface area (Å²) >= 11 is 0. The summed E-state index contributed by atoms with van der Waals surface area (Å²) < 4.78 is 2.24. The van der Waals surface area contributed by atoms with Gasteiger partial charge in [-0.1, -0.05) is 32.1 Å². The van der Waals surface area contributed by atoms with Gasteiger partial charge in [-0.15, -0.1) is 0 Å². The number of nitrogens with zero attached hydrogens (tertiary/aromatic N) is 3. The first kappa shape index (κ1) is 16.8. The number of nitrogens with one attached hydrogen (secondary N) is 1. The predicted octanol–water partition coefficient (Wildman–Crippen LogP) is 3.26. The maximum absolute atomic E-state index is 13.3. The van der Waals surface area contributed by atoms with E-state index in [0.717, 1.165) is 51.4 Å². The highest BCUT2D eigenvalue weighted by Gasteiger charge is 2.40. The molecule has 1 amide bonds. The SMILES string of the molecule is O=C(C1CCCC2CCCCC21)N1CCC(n2ncc3c2CNC3)CC1. The van der Waals surface area contributed by atoms with E-state index in [0.29, 0.717) is 23.8 Å². The lowest BCUT2D eigenvalue weighted by Crippen LogP contribution is -2.46. The summed E-state index contributed by atoms with van der Waals surface area (Å²) in [6.45, 7) is 3.73. The van der Waals surface area contributed by atoms with E-state index in [2.05, 4.69) is 20.0 Å². The fraction of sp³-hybridized carbons (Fsp3) is 0.810. The molecule has 1 saturated heterocycles. The number of piperidine rings is 1. The van der Waals surface area contributed by atoms with Gasteiger partial charge in [0.15, 0.2) is 0 Å². The highest BCUT2D eigenvalue weighted by atomic mass is 16.2. The van der Waals surface area contributed by atoms with Crippen molar-refractivity contribution < 1.29 is 4.79 Å². The molecular formula is C21H32N4O. The number of rotatable bonds is 2. The van der Waals surface area contributed by atoms with Crippen molar-refractivity contribution in [3.63, 3.8) is 0 Å². The number of aromatic nitrogens is 2. The molecule has 1 N–H and O–H groups in total. The molecule has 2 aliphatic carbocycles. The molecule has 4 aliphatic rings. The number of fused-ring (bicyclic) bond motifs is 2. The number of carbonyl (C=O) groups is 1. The van der Waals surface area contributed by atoms with Gasteiger partial charge < -0.3 is 10.2 Å². The van der Waals surface area contributed by atoms with E-state index in [4.69, 9.17) is 0 Å². The summed E-state index contributed by atoms with van der Waals surface area (Å²) in [7, 11) is 0. The van der Waals surface area contributed by atoms with Gasteiger partial charge in [-0.3, -0.25) is 9.48 Å². The normalized spacial score (nSPS) is 32.3. The van der Waals surface area contributed by atoms with E-state index in [9.17, 15) is 4.79 Å². The molecule has 142 valence electrons. The van der Waals surface area contributed by atoms with Crippen molar-refractivity contribution in [2.24, 2.45) is 17.8 Å². The zero-order chi connectivity index (χ0) is 17.5. The molecule has 5 heteroatoms. The van der Waals surface area contributed by atoms with E-state index in [1.54, 1.807) is 0 Å². The average Bonchev–Trinajstić information content (AvgIpc) is 3.31. The largest absolute Gasteiger partial charge is 0.342 e. The molecule has 3 unspecified atom stereocenters. The van der Waals surface area contributed by atoms with Gasteiger partial charge >= 0.3 is 0 Å². The van der Waals surface area contributed by atoms with Crippen LogP contribution in [0.4, 0.5) is 0 Å². The zero-order valence-corrected chi connectivity index (χ0v) is 15.8. The van der Waals surface area contributed by atoms with Crippen molar-refractivity contribution in [2.75, 3.05) is 13.1 Å². The lowest BCUT2D eigenvalue weighted by molar-refractivity contribution is -0.141. The number of hydrogen-bond acceptors (Lipinski definition) is 3. The summed E-state index contributed by atoms with van der Waals surface area (Å²) in [4.78, 5) is 15.5. The lowest BCUT2D eigenvalue weighted by atomic mass is 9.65. The van der Waals surface area contributed by atoms with E-state index in [1.807, 2.05) is 6.20 Å². The maximum atomic E-state index is 13.3. The van der Waals surface area contributed by atoms with Crippen molar-refractivity contribution in [2.45, 2.75) is 76.9 Å². The van der Waals surface area contributed by atoms with Crippen LogP contribution in [0, 0.1) is 17.8 Å². The molecule has 5 nitrogen and oxygen atoms in total. The minimum absolute atomic E-state index is 0.323. The summed E-state index contributed by atoms with van der Waals surface area (Å²) in [6, 6.07) is 0.469. The first-order chi connectivity index (χ1) is 12.8. The highest BCUT2D eigenvalue weighted by Crippen LogP contribution is 2.44. The van der Waals surface area contributed by atoms with Gasteiger partial charge in [0.2, 0.25) is 5.91 Å². The second-order valence-electron chi connectivity index (χ2n) is 8.97. The van der Waals surface area contributed by atoms with Crippen LogP contribution in [0.3, 0.4) is 0 Å². The molecule has 0 bridgehead atoms. The van der Waals surface area contributed by atoms with Crippen LogP contribution in [0.25, 0.3) is 0 Å². The molecular weight excluding hydrogens is 324 g/mol. The topological polar surface area (TPSA) is 50.2 Å². The van der Waals surface area contributed by atoms with Crippen molar-refractivity contribution in [1.82, 2.24) is 20.0 Å². The standard InChI is InChI=1S/C21H32N4O/c26-21(19-7-3-5-15-4-1-2-6-18(15)19)24-10-8-17(9-11-24)25-20-14-22-12-16(20)13-23-25/h13,15,17-19,22H,1-12,14H2. The zero-order valence-electron chi connectivity index (χ0n) is 15.8. The molecule has 0 spiro atoms. The summed E-state index contributed by atoms with van der Waals surface area (Å²) in [5, 5.41) is 8.07. The van der Waals surface area contributed by atoms with E-state index in [1.165, 1.54) is 49.8 Å². The van der Waals surface area contributed by atoms with Gasteiger partial charge in [-0.2, -0.15) is 5.10 Å². The van der Waals surface area contributed by atoms with Crippen LogP contribution in [0.1, 0.15) is 75.1 Å². The number of amides is 1. The van der Waals surface area contributed by atoms with Crippen LogP contribution in [0.2, 0.25) is 0 Å². The van der Waals surface area contributed by atoms with Gasteiger partial charge in [-0.25, -0.2) is 0 Å². The third-order valence-electron chi connectivity index (χ3n) is 7.61. The Hall–Kier alpha value is -1.36. The average molecular weight is 357 g/mol. The molecule has 2 aliphatic heterocycles. The summed E-state index contributed by atoms with van der Waals surface area (Å²) in [5.74, 6) is 2.32. The van der Waals surface area contributed by atoms with Crippen LogP contribution in [-0.4, -0.2) is 33.7 Å². The first-order valence-corrected chi connectivity index (χ1v) is 10.9. The molecule has 1 aromatic heterocycles. The third-order valence-corrected chi connectivity index (χ3v) is 7.61. The minimum atomic E-state index is 0.323. The van der Waals surface area contributed by atoms with Gasteiger partial charge in [0.05, 0.1) is 17.9 Å². The van der Waals surface area contributed by atoms with Crippen LogP contribution >= 0.6 is 0 Å². The van der Waals surface area contributed by atoms with Crippen LogP contribution in [0.5, 0.6) is 0 Å². The van der Waals surface area contributed by atoms with Crippen molar-refractivity contribution in [3.8, 4) is 0 Å². The quantitative estimate of drug-likeness (QED) is 0.885. The van der Waals surface area contributed by atoms with Crippen molar-refractivity contribution in [3.05, 3.63) is 17.5 Å². The molecule has 0 aromatic carbocycles. The monoisotopic (exact) mass is 356 g/mol. The van der Waals surface area contributed by atoms with Gasteiger partial charge in [-0.05, 0) is 37.5 Å². The molecule has 26 heavy (non-hydrogen) atoms. The Morgan fingerprint density at radius 2 is 1.81 bits per heavy atom. The fourth-order valence-corrected chi connectivity index (χ4v) is 6.21. The molecule has 1 aromatic rings. The first-order valence-electron chi connectivity index (χ1n) is 10.9. The van der Waals surface area contributed by atoms with Crippen LogP contribution in [0.15, 0.2) is 6.20 Å². The fourth-order valence-electron chi connectivity index (χ4n) is 6.21. The van der Waals surface area contributed by atoms with Crippen molar-refractivity contribution in [1.29, 1.82) is 0 Å². The number of hydrogen-bond donors (Lipinski definition) is 1. The molecule has 3 heterocycles. The third kappa shape index (κ3) is 2.88. The molecule has 3 fully saturated rings. The highest BCUT2D eigenvalue weighted by molar-refractivity contribution is 5.79. The van der Waals surface area contributed by atoms with Gasteiger partial charge in [0.25, 0.3) is 0 Å². The molecule has 3 atom stereocenters. The van der Waals surface area contributed by atoms with Crippen LogP contribution < -0.4 is 5.32 Å². The summed E-state index contributed by atoms with van der Waals surface area (Å²) in [6.07, 6.45) is 13.3. The van der Waals surface area contributed by atoms with E-state index < -0.39 is 0 Å². The minimum Gasteiger partial charge on any atom is -0.342 e. The Balaban J connectivity index is 1.23. The Labute approximate surface area is 156 Å². The van der Waals surface area contributed by atoms with Gasteiger partial charge in [0.1, 0.15) is 0 Å². The summed E-state index contributed by atoms with van der Waals surface area (Å²) in [5.41, 5.74) is 2.72. The number of carbonyl (C=O) groups excluding carboxylic acids is 1. The van der Waals surface area contributed by atoms with Gasteiger partial charge in [0, 0.05) is 37.7 Å².